The van der Waals surface area contributed by atoms with E-state index < -0.39 is 0 Å². The summed E-state index contributed by atoms with van der Waals surface area (Å²) in [4.78, 5) is 17.8. The Kier molecular flexibility index (Phi) is 7.93. The molecule has 2 aromatic rings. The van der Waals surface area contributed by atoms with Gasteiger partial charge in [0, 0.05) is 18.0 Å². The van der Waals surface area contributed by atoms with Crippen LogP contribution in [0.3, 0.4) is 0 Å². The molecule has 1 aromatic carbocycles. The maximum absolute atomic E-state index is 12.8. The van der Waals surface area contributed by atoms with Gasteiger partial charge in [0.25, 0.3) is 5.91 Å². The van der Waals surface area contributed by atoms with Crippen LogP contribution in [0, 0.1) is 11.8 Å². The van der Waals surface area contributed by atoms with Gasteiger partial charge in [-0.3, -0.25) is 4.79 Å². The summed E-state index contributed by atoms with van der Waals surface area (Å²) < 4.78 is 2.44. The first-order valence-electron chi connectivity index (χ1n) is 11.9. The zero-order valence-electron chi connectivity index (χ0n) is 19.2. The van der Waals surface area contributed by atoms with Crippen LogP contribution in [0.5, 0.6) is 0 Å². The van der Waals surface area contributed by atoms with Gasteiger partial charge in [-0.15, -0.1) is 0 Å². The van der Waals surface area contributed by atoms with E-state index in [2.05, 4.69) is 43.6 Å². The molecule has 0 aliphatic heterocycles. The number of hydrogen-bond donors (Lipinski definition) is 2. The van der Waals surface area contributed by atoms with Gasteiger partial charge in [-0.2, -0.15) is 0 Å². The molecule has 0 spiro atoms. The van der Waals surface area contributed by atoms with Crippen molar-refractivity contribution in [1.29, 1.82) is 0 Å². The highest BCUT2D eigenvalue weighted by molar-refractivity contribution is 5.97. The van der Waals surface area contributed by atoms with Crippen molar-refractivity contribution in [3.05, 3.63) is 29.6 Å². The fourth-order valence-corrected chi connectivity index (χ4v) is 4.98. The molecule has 0 saturated heterocycles. The molecule has 2 N–H and O–H groups in total. The van der Waals surface area contributed by atoms with Crippen LogP contribution >= 0.6 is 0 Å². The monoisotopic (exact) mass is 413 g/mol. The number of aliphatic hydroxyl groups excluding tert-OH is 1. The Balaban J connectivity index is 1.90. The van der Waals surface area contributed by atoms with Crippen molar-refractivity contribution in [3.8, 4) is 0 Å². The number of nitrogens with one attached hydrogen (secondary N) is 1. The van der Waals surface area contributed by atoms with Gasteiger partial charge in [-0.25, -0.2) is 4.98 Å². The first kappa shape index (κ1) is 22.8. The van der Waals surface area contributed by atoms with Crippen LogP contribution in [0.15, 0.2) is 18.2 Å². The summed E-state index contributed by atoms with van der Waals surface area (Å²) in [6, 6.07) is 6.11. The second kappa shape index (κ2) is 10.4. The van der Waals surface area contributed by atoms with Gasteiger partial charge in [-0.1, -0.05) is 53.4 Å². The van der Waals surface area contributed by atoms with Crippen LogP contribution in [-0.2, 0) is 6.42 Å². The number of aromatic nitrogens is 2. The quantitative estimate of drug-likeness (QED) is 0.558. The minimum atomic E-state index is -0.215. The van der Waals surface area contributed by atoms with Crippen molar-refractivity contribution < 1.29 is 9.90 Å². The van der Waals surface area contributed by atoms with Crippen LogP contribution in [0.4, 0.5) is 0 Å². The molecule has 1 fully saturated rings. The summed E-state index contributed by atoms with van der Waals surface area (Å²) in [5.41, 5.74) is 2.66. The highest BCUT2D eigenvalue weighted by Crippen LogP contribution is 2.32. The Bertz CT molecular complexity index is 832. The molecule has 5 heteroatoms. The first-order valence-corrected chi connectivity index (χ1v) is 11.9. The molecular weight excluding hydrogens is 374 g/mol. The molecule has 1 atom stereocenters. The van der Waals surface area contributed by atoms with Gasteiger partial charge in [0.1, 0.15) is 5.82 Å². The average molecular weight is 414 g/mol. The number of nitrogens with zero attached hydrogens (tertiary/aromatic N) is 2. The molecule has 1 saturated carbocycles. The van der Waals surface area contributed by atoms with Crippen molar-refractivity contribution in [2.75, 3.05) is 6.61 Å². The van der Waals surface area contributed by atoms with E-state index in [1.165, 1.54) is 31.5 Å². The molecule has 166 valence electrons. The van der Waals surface area contributed by atoms with E-state index in [1.54, 1.807) is 0 Å². The third kappa shape index (κ3) is 5.23. The van der Waals surface area contributed by atoms with Crippen LogP contribution in [0.2, 0.25) is 0 Å². The third-order valence-corrected chi connectivity index (χ3v) is 6.59. The number of aliphatic hydroxyl groups is 1. The molecule has 3 rings (SSSR count). The van der Waals surface area contributed by atoms with E-state index in [0.29, 0.717) is 17.5 Å². The molecule has 1 amide bonds. The van der Waals surface area contributed by atoms with E-state index in [0.717, 1.165) is 42.6 Å². The lowest BCUT2D eigenvalue weighted by atomic mass is 10.0. The van der Waals surface area contributed by atoms with Gasteiger partial charge in [0.15, 0.2) is 0 Å². The molecule has 1 aliphatic rings. The van der Waals surface area contributed by atoms with Crippen LogP contribution < -0.4 is 5.32 Å². The normalized spacial score (nSPS) is 16.1. The van der Waals surface area contributed by atoms with E-state index in [1.807, 2.05) is 12.1 Å². The number of carbonyl (C=O) groups excluding carboxylic acids is 1. The number of hydrogen-bond acceptors (Lipinski definition) is 3. The molecule has 0 bridgehead atoms. The molecule has 5 nitrogen and oxygen atoms in total. The summed E-state index contributed by atoms with van der Waals surface area (Å²) in [6.07, 6.45) is 9.24. The summed E-state index contributed by atoms with van der Waals surface area (Å²) in [6.45, 7) is 8.63. The molecule has 1 aliphatic carbocycles. The van der Waals surface area contributed by atoms with Crippen molar-refractivity contribution in [3.63, 3.8) is 0 Å². The number of rotatable bonds is 10. The molecule has 30 heavy (non-hydrogen) atoms. The topological polar surface area (TPSA) is 67.2 Å². The largest absolute Gasteiger partial charge is 0.394 e. The van der Waals surface area contributed by atoms with Crippen molar-refractivity contribution >= 4 is 16.9 Å². The lowest BCUT2D eigenvalue weighted by molar-refractivity contribution is 0.0908. The van der Waals surface area contributed by atoms with E-state index >= 15 is 0 Å². The molecular formula is C25H39N3O2. The molecule has 0 radical (unpaired) electrons. The predicted octanol–water partition coefficient (Wildman–Crippen LogP) is 5.27. The first-order chi connectivity index (χ1) is 14.5. The Labute approximate surface area is 181 Å². The minimum absolute atomic E-state index is 0.0407. The summed E-state index contributed by atoms with van der Waals surface area (Å²) in [5.74, 6) is 2.19. The van der Waals surface area contributed by atoms with Gasteiger partial charge in [-0.05, 0) is 49.3 Å². The van der Waals surface area contributed by atoms with Gasteiger partial charge in [0.2, 0.25) is 0 Å². The van der Waals surface area contributed by atoms with Gasteiger partial charge >= 0.3 is 0 Å². The number of amides is 1. The number of benzene rings is 1. The van der Waals surface area contributed by atoms with Crippen molar-refractivity contribution in [2.45, 2.75) is 91.1 Å². The smallest absolute Gasteiger partial charge is 0.251 e. The van der Waals surface area contributed by atoms with Crippen LogP contribution in [0.1, 0.15) is 94.9 Å². The molecule has 1 heterocycles. The lowest BCUT2D eigenvalue weighted by Gasteiger charge is -2.20. The SMILES string of the molecule is CCC(CC)n1c(CC2CCCC2)nc2cc(C(=O)NC(CO)CC(C)C)ccc21. The van der Waals surface area contributed by atoms with Crippen LogP contribution in [-0.4, -0.2) is 33.2 Å². The zero-order valence-corrected chi connectivity index (χ0v) is 19.2. The second-order valence-electron chi connectivity index (χ2n) is 9.41. The van der Waals surface area contributed by atoms with Crippen molar-refractivity contribution in [2.24, 2.45) is 11.8 Å². The van der Waals surface area contributed by atoms with Gasteiger partial charge in [0.05, 0.1) is 23.7 Å². The van der Waals surface area contributed by atoms with E-state index in [4.69, 9.17) is 4.98 Å². The Hall–Kier alpha value is -1.88. The predicted molar refractivity (Wildman–Crippen MR) is 123 cm³/mol. The maximum Gasteiger partial charge on any atom is 0.251 e. The minimum Gasteiger partial charge on any atom is -0.394 e. The highest BCUT2D eigenvalue weighted by Gasteiger charge is 2.23. The number of imidazole rings is 1. The fourth-order valence-electron chi connectivity index (χ4n) is 4.98. The standard InChI is InChI=1S/C25H39N3O2/c1-5-21(6-2)28-23-12-11-19(25(30)26-20(16-29)13-17(3)4)15-22(23)27-24(28)14-18-9-7-8-10-18/h11-12,15,17-18,20-21,29H,5-10,13-14,16H2,1-4H3,(H,26,30). The summed E-state index contributed by atoms with van der Waals surface area (Å²) in [5, 5.41) is 12.6. The third-order valence-electron chi connectivity index (χ3n) is 6.59. The number of fused-ring (bicyclic) bond motifs is 1. The summed E-state index contributed by atoms with van der Waals surface area (Å²) >= 11 is 0. The summed E-state index contributed by atoms with van der Waals surface area (Å²) in [7, 11) is 0. The lowest BCUT2D eigenvalue weighted by Crippen LogP contribution is -2.38. The number of carbonyl (C=O) groups is 1. The maximum atomic E-state index is 12.8. The average Bonchev–Trinajstić information content (AvgIpc) is 3.36. The Morgan fingerprint density at radius 1 is 1.23 bits per heavy atom. The fraction of sp³-hybridized carbons (Fsp3) is 0.680. The molecule has 1 unspecified atom stereocenters. The molecule has 1 aromatic heterocycles. The van der Waals surface area contributed by atoms with Gasteiger partial charge < -0.3 is 15.0 Å². The Morgan fingerprint density at radius 3 is 2.53 bits per heavy atom. The zero-order chi connectivity index (χ0) is 21.7. The van der Waals surface area contributed by atoms with E-state index in [-0.39, 0.29) is 18.6 Å². The Morgan fingerprint density at radius 2 is 1.93 bits per heavy atom. The highest BCUT2D eigenvalue weighted by atomic mass is 16.3. The van der Waals surface area contributed by atoms with Crippen LogP contribution in [0.25, 0.3) is 11.0 Å². The van der Waals surface area contributed by atoms with Crippen molar-refractivity contribution in [1.82, 2.24) is 14.9 Å². The van der Waals surface area contributed by atoms with E-state index in [9.17, 15) is 9.90 Å². The second-order valence-corrected chi connectivity index (χ2v) is 9.41.